The predicted octanol–water partition coefficient (Wildman–Crippen LogP) is 2.57. The van der Waals surface area contributed by atoms with Crippen molar-refractivity contribution < 1.29 is 4.74 Å². The number of pyridine rings is 1. The Morgan fingerprint density at radius 1 is 1.38 bits per heavy atom. The highest BCUT2D eigenvalue weighted by Crippen LogP contribution is 2.27. The summed E-state index contributed by atoms with van der Waals surface area (Å²) in [5.41, 5.74) is 3.37. The van der Waals surface area contributed by atoms with Gasteiger partial charge in [-0.3, -0.25) is 4.98 Å². The molecule has 0 saturated carbocycles. The average molecular weight is 285 g/mol. The summed E-state index contributed by atoms with van der Waals surface area (Å²) >= 11 is 0. The minimum absolute atomic E-state index is 0.356. The summed E-state index contributed by atoms with van der Waals surface area (Å²) in [6, 6.07) is 10.5. The van der Waals surface area contributed by atoms with Gasteiger partial charge >= 0.3 is 0 Å². The number of nitrogens with zero attached hydrogens (tertiary/aromatic N) is 2. The standard InChI is InChI=1S/C17H23N3O/c1-18-11-13-10-17(15-7-3-4-8-16(15)19-13)20(2)12-14-6-5-9-21-14/h3-4,7-8,10,14,18H,5-6,9,11-12H2,1-2H3. The number of benzene rings is 1. The van der Waals surface area contributed by atoms with Crippen LogP contribution < -0.4 is 10.2 Å². The van der Waals surface area contributed by atoms with Gasteiger partial charge in [0.15, 0.2) is 0 Å². The van der Waals surface area contributed by atoms with Gasteiger partial charge in [-0.2, -0.15) is 0 Å². The molecular formula is C17H23N3O. The number of likely N-dealkylation sites (N-methyl/N-ethyl adjacent to an activating group) is 1. The smallest absolute Gasteiger partial charge is 0.0750 e. The molecule has 1 aromatic carbocycles. The van der Waals surface area contributed by atoms with E-state index in [-0.39, 0.29) is 0 Å². The van der Waals surface area contributed by atoms with Crippen molar-refractivity contribution in [3.05, 3.63) is 36.0 Å². The van der Waals surface area contributed by atoms with Crippen LogP contribution >= 0.6 is 0 Å². The average Bonchev–Trinajstić information content (AvgIpc) is 2.99. The van der Waals surface area contributed by atoms with E-state index >= 15 is 0 Å². The molecule has 2 heterocycles. The third-order valence-electron chi connectivity index (χ3n) is 4.02. The van der Waals surface area contributed by atoms with Gasteiger partial charge in [0.25, 0.3) is 0 Å². The molecule has 21 heavy (non-hydrogen) atoms. The minimum Gasteiger partial charge on any atom is -0.376 e. The SMILES string of the molecule is CNCc1cc(N(C)CC2CCCO2)c2ccccc2n1. The first-order valence-corrected chi connectivity index (χ1v) is 7.64. The first-order valence-electron chi connectivity index (χ1n) is 7.64. The first kappa shape index (κ1) is 14.3. The molecule has 1 aliphatic rings. The van der Waals surface area contributed by atoms with E-state index in [0.29, 0.717) is 6.10 Å². The topological polar surface area (TPSA) is 37.4 Å². The summed E-state index contributed by atoms with van der Waals surface area (Å²) in [5.74, 6) is 0. The van der Waals surface area contributed by atoms with Crippen molar-refractivity contribution in [1.29, 1.82) is 0 Å². The minimum atomic E-state index is 0.356. The highest BCUT2D eigenvalue weighted by Gasteiger charge is 2.19. The highest BCUT2D eigenvalue weighted by molar-refractivity contribution is 5.91. The van der Waals surface area contributed by atoms with Crippen LogP contribution in [-0.4, -0.2) is 38.3 Å². The van der Waals surface area contributed by atoms with Crippen LogP contribution in [0.25, 0.3) is 10.9 Å². The van der Waals surface area contributed by atoms with Crippen LogP contribution in [0.3, 0.4) is 0 Å². The summed E-state index contributed by atoms with van der Waals surface area (Å²) in [5, 5.41) is 4.39. The normalized spacial score (nSPS) is 18.3. The fourth-order valence-electron chi connectivity index (χ4n) is 2.99. The maximum atomic E-state index is 5.77. The van der Waals surface area contributed by atoms with Crippen LogP contribution in [-0.2, 0) is 11.3 Å². The lowest BCUT2D eigenvalue weighted by Crippen LogP contribution is -2.29. The van der Waals surface area contributed by atoms with Crippen molar-refractivity contribution in [2.75, 3.05) is 32.1 Å². The van der Waals surface area contributed by atoms with Gasteiger partial charge in [0.1, 0.15) is 0 Å². The summed E-state index contributed by atoms with van der Waals surface area (Å²) in [7, 11) is 4.10. The van der Waals surface area contributed by atoms with E-state index in [9.17, 15) is 0 Å². The molecule has 1 atom stereocenters. The molecular weight excluding hydrogens is 262 g/mol. The Labute approximate surface area is 126 Å². The Kier molecular flexibility index (Phi) is 4.36. The lowest BCUT2D eigenvalue weighted by atomic mass is 10.1. The van der Waals surface area contributed by atoms with Crippen molar-refractivity contribution in [1.82, 2.24) is 10.3 Å². The van der Waals surface area contributed by atoms with E-state index in [1.807, 2.05) is 13.1 Å². The van der Waals surface area contributed by atoms with Crippen molar-refractivity contribution in [3.8, 4) is 0 Å². The third kappa shape index (κ3) is 3.17. The van der Waals surface area contributed by atoms with Gasteiger partial charge < -0.3 is 15.0 Å². The number of rotatable bonds is 5. The number of fused-ring (bicyclic) bond motifs is 1. The van der Waals surface area contributed by atoms with E-state index in [1.165, 1.54) is 17.5 Å². The first-order chi connectivity index (χ1) is 10.3. The summed E-state index contributed by atoms with van der Waals surface area (Å²) in [6.45, 7) is 2.62. The van der Waals surface area contributed by atoms with Crippen molar-refractivity contribution >= 4 is 16.6 Å². The zero-order valence-electron chi connectivity index (χ0n) is 12.8. The molecule has 1 aromatic heterocycles. The van der Waals surface area contributed by atoms with Gasteiger partial charge in [-0.15, -0.1) is 0 Å². The van der Waals surface area contributed by atoms with Gasteiger partial charge in [-0.25, -0.2) is 0 Å². The summed E-state index contributed by atoms with van der Waals surface area (Å²) in [4.78, 5) is 7.02. The van der Waals surface area contributed by atoms with Crippen molar-refractivity contribution in [2.45, 2.75) is 25.5 Å². The Morgan fingerprint density at radius 2 is 2.24 bits per heavy atom. The van der Waals surface area contributed by atoms with Crippen LogP contribution in [0, 0.1) is 0 Å². The van der Waals surface area contributed by atoms with Gasteiger partial charge in [-0.1, -0.05) is 18.2 Å². The zero-order valence-corrected chi connectivity index (χ0v) is 12.8. The molecule has 1 N–H and O–H groups in total. The lowest BCUT2D eigenvalue weighted by Gasteiger charge is -2.24. The monoisotopic (exact) mass is 285 g/mol. The van der Waals surface area contributed by atoms with Gasteiger partial charge in [0.2, 0.25) is 0 Å². The largest absolute Gasteiger partial charge is 0.376 e. The van der Waals surface area contributed by atoms with E-state index in [1.54, 1.807) is 0 Å². The fraction of sp³-hybridized carbons (Fsp3) is 0.471. The van der Waals surface area contributed by atoms with Crippen molar-refractivity contribution in [3.63, 3.8) is 0 Å². The van der Waals surface area contributed by atoms with Gasteiger partial charge in [-0.05, 0) is 32.0 Å². The zero-order chi connectivity index (χ0) is 14.7. The molecule has 1 saturated heterocycles. The Bertz CT molecular complexity index is 608. The fourth-order valence-corrected chi connectivity index (χ4v) is 2.99. The number of aromatic nitrogens is 1. The Hall–Kier alpha value is -1.65. The Balaban J connectivity index is 1.94. The number of para-hydroxylation sites is 1. The van der Waals surface area contributed by atoms with Crippen molar-refractivity contribution in [2.24, 2.45) is 0 Å². The molecule has 1 fully saturated rings. The molecule has 0 aliphatic carbocycles. The van der Waals surface area contributed by atoms with Crippen LogP contribution in [0.5, 0.6) is 0 Å². The predicted molar refractivity (Wildman–Crippen MR) is 86.8 cm³/mol. The number of nitrogens with one attached hydrogen (secondary N) is 1. The number of hydrogen-bond acceptors (Lipinski definition) is 4. The molecule has 4 heteroatoms. The number of hydrogen-bond donors (Lipinski definition) is 1. The quantitative estimate of drug-likeness (QED) is 0.916. The second-order valence-electron chi connectivity index (χ2n) is 5.70. The van der Waals surface area contributed by atoms with E-state index in [0.717, 1.165) is 37.3 Å². The van der Waals surface area contributed by atoms with Crippen LogP contribution in [0.1, 0.15) is 18.5 Å². The number of anilines is 1. The molecule has 1 unspecified atom stereocenters. The molecule has 2 aromatic rings. The van der Waals surface area contributed by atoms with E-state index in [2.05, 4.69) is 41.5 Å². The molecule has 0 spiro atoms. The van der Waals surface area contributed by atoms with Crippen LogP contribution in [0.2, 0.25) is 0 Å². The van der Waals surface area contributed by atoms with Gasteiger partial charge in [0.05, 0.1) is 17.3 Å². The highest BCUT2D eigenvalue weighted by atomic mass is 16.5. The second kappa shape index (κ2) is 6.41. The van der Waals surface area contributed by atoms with E-state index < -0.39 is 0 Å². The molecule has 4 nitrogen and oxygen atoms in total. The maximum Gasteiger partial charge on any atom is 0.0750 e. The maximum absolute atomic E-state index is 5.77. The molecule has 3 rings (SSSR count). The van der Waals surface area contributed by atoms with Crippen LogP contribution in [0.15, 0.2) is 30.3 Å². The Morgan fingerprint density at radius 3 is 3.00 bits per heavy atom. The molecule has 0 bridgehead atoms. The van der Waals surface area contributed by atoms with E-state index in [4.69, 9.17) is 9.72 Å². The molecule has 0 amide bonds. The lowest BCUT2D eigenvalue weighted by molar-refractivity contribution is 0.116. The van der Waals surface area contributed by atoms with Crippen LogP contribution in [0.4, 0.5) is 5.69 Å². The second-order valence-corrected chi connectivity index (χ2v) is 5.70. The third-order valence-corrected chi connectivity index (χ3v) is 4.02. The summed E-state index contributed by atoms with van der Waals surface area (Å²) < 4.78 is 5.77. The van der Waals surface area contributed by atoms with Gasteiger partial charge in [0, 0.05) is 37.8 Å². The molecule has 0 radical (unpaired) electrons. The molecule has 1 aliphatic heterocycles. The number of ether oxygens (including phenoxy) is 1. The molecule has 112 valence electrons. The summed E-state index contributed by atoms with van der Waals surface area (Å²) in [6.07, 6.45) is 2.70.